The molecule has 0 saturated carbocycles. The molecule has 0 radical (unpaired) electrons. The van der Waals surface area contributed by atoms with Crippen molar-refractivity contribution in [1.82, 2.24) is 28.9 Å². The molecule has 13 nitrogen and oxygen atoms in total. The number of nitrogens with zero attached hydrogens (tertiary/aromatic N) is 8. The van der Waals surface area contributed by atoms with Gasteiger partial charge in [-0.2, -0.15) is 10.5 Å². The van der Waals surface area contributed by atoms with Gasteiger partial charge in [0.1, 0.15) is 0 Å². The number of Topliss-reactive ketones (excluding diaryl/α,β-unsaturated/α-hetero) is 2. The molecular weight excluding hydrogens is 853 g/mol. The van der Waals surface area contributed by atoms with Crippen molar-refractivity contribution in [1.29, 1.82) is 10.5 Å². The number of carbonyl (C=O) groups excluding carboxylic acids is 3. The molecule has 4 aromatic heterocycles. The molecule has 68 heavy (non-hydrogen) atoms. The van der Waals surface area contributed by atoms with E-state index in [1.807, 2.05) is 66.3 Å². The molecule has 2 saturated heterocycles. The van der Waals surface area contributed by atoms with E-state index in [4.69, 9.17) is 10.4 Å². The van der Waals surface area contributed by atoms with E-state index in [0.29, 0.717) is 58.4 Å². The number of piperidine rings is 2. The first kappa shape index (κ1) is 51.7. The van der Waals surface area contributed by atoms with Crippen molar-refractivity contribution in [3.8, 4) is 23.5 Å². The molecule has 2 aliphatic heterocycles. The second-order valence-electron chi connectivity index (χ2n) is 16.9. The summed E-state index contributed by atoms with van der Waals surface area (Å²) in [7, 11) is 0. The van der Waals surface area contributed by atoms with E-state index < -0.39 is 5.97 Å². The van der Waals surface area contributed by atoms with Crippen molar-refractivity contribution in [3.05, 3.63) is 130 Å². The molecule has 6 heterocycles. The number of nitriles is 2. The van der Waals surface area contributed by atoms with Crippen LogP contribution in [0.2, 0.25) is 0 Å². The summed E-state index contributed by atoms with van der Waals surface area (Å²) < 4.78 is 3.98. The second kappa shape index (κ2) is 23.9. The maximum Gasteiger partial charge on any atom is 0.328 e. The number of hydrogen-bond acceptors (Lipinski definition) is 10. The van der Waals surface area contributed by atoms with Crippen molar-refractivity contribution in [2.24, 2.45) is 0 Å². The van der Waals surface area contributed by atoms with E-state index in [-0.39, 0.29) is 32.2 Å². The average Bonchev–Trinajstić information content (AvgIpc) is 3.79. The smallest absolute Gasteiger partial charge is 0.328 e. The van der Waals surface area contributed by atoms with E-state index >= 15 is 0 Å². The van der Waals surface area contributed by atoms with Crippen LogP contribution in [0.15, 0.2) is 85.2 Å². The summed E-state index contributed by atoms with van der Waals surface area (Å²) in [6, 6.07) is 22.5. The fraction of sp³-hybridized carbons (Fsp3) is 0.345. The zero-order chi connectivity index (χ0) is 46.7. The van der Waals surface area contributed by atoms with Gasteiger partial charge in [0.25, 0.3) is 0 Å². The number of aromatic nitrogens is 4. The Hall–Kier alpha value is -7.32. The topological polar surface area (TPSA) is 178 Å². The minimum atomic E-state index is -1.04. The van der Waals surface area contributed by atoms with Crippen LogP contribution in [0.3, 0.4) is 0 Å². The molecule has 6 aromatic rings. The third kappa shape index (κ3) is 12.0. The Kier molecular flexibility index (Phi) is 18.2. The SMILES string of the molecule is C.C.CCCC(=O)/C=C/c1cnc2c(C(=O)CN3CCCCC3)c(C)n(-c3ccc(C#N)cc3)c2c1.Cc1c(C(=O)CN2CCCCC2)c2ncc(/C=C/C(=O)O)cc2n1-c1ccc(C#N)cc1. The molecule has 2 aromatic carbocycles. The summed E-state index contributed by atoms with van der Waals surface area (Å²) >= 11 is 0. The number of rotatable bonds is 14. The Morgan fingerprint density at radius 3 is 1.40 bits per heavy atom. The summed E-state index contributed by atoms with van der Waals surface area (Å²) in [5.41, 5.74) is 9.87. The summed E-state index contributed by atoms with van der Waals surface area (Å²) in [5.74, 6) is -0.853. The van der Waals surface area contributed by atoms with E-state index in [1.54, 1.807) is 48.8 Å². The highest BCUT2D eigenvalue weighted by Gasteiger charge is 2.26. The highest BCUT2D eigenvalue weighted by atomic mass is 16.4. The number of carboxylic acids is 1. The number of benzene rings is 2. The van der Waals surface area contributed by atoms with Gasteiger partial charge in [0.15, 0.2) is 17.3 Å². The maximum atomic E-state index is 13.5. The molecule has 2 aliphatic rings. The van der Waals surface area contributed by atoms with Crippen molar-refractivity contribution >= 4 is 57.5 Å². The first-order chi connectivity index (χ1) is 32.0. The number of carbonyl (C=O) groups is 4. The third-order valence-electron chi connectivity index (χ3n) is 12.2. The standard InChI is InChI=1S/C28H30N4O2.C25H24N4O3.2CH4/c1-3-7-24(33)13-10-22-16-25-28(30-18-22)27(26(34)19-31-14-5-4-6-15-31)20(2)32(25)23-11-8-21(17-29)9-12-23;1-17-24(22(30)16-28-11-3-2-4-12-28)25-21(13-19(15-27-25)7-10-23(31)32)29(17)20-8-5-18(14-26)6-9-20;;/h8-13,16,18H,3-7,14-15,19H2,1-2H3;5-10,13,15H,2-4,11-12,16H2,1H3,(H,31,32);2*1H4/b13-10+;10-7+;;. The van der Waals surface area contributed by atoms with Gasteiger partial charge < -0.3 is 14.2 Å². The van der Waals surface area contributed by atoms with Gasteiger partial charge in [0.05, 0.1) is 69.5 Å². The number of ketones is 3. The van der Waals surface area contributed by atoms with Crippen molar-refractivity contribution < 1.29 is 24.3 Å². The van der Waals surface area contributed by atoms with Crippen molar-refractivity contribution in [3.63, 3.8) is 0 Å². The molecule has 0 aliphatic carbocycles. The Morgan fingerprint density at radius 1 is 0.632 bits per heavy atom. The van der Waals surface area contributed by atoms with E-state index in [0.717, 1.165) is 104 Å². The summed E-state index contributed by atoms with van der Waals surface area (Å²) in [6.07, 6.45) is 17.5. The minimum absolute atomic E-state index is 0. The predicted molar refractivity (Wildman–Crippen MR) is 269 cm³/mol. The Morgan fingerprint density at radius 2 is 1.03 bits per heavy atom. The van der Waals surface area contributed by atoms with Gasteiger partial charge in [-0.15, -0.1) is 0 Å². The van der Waals surface area contributed by atoms with Gasteiger partial charge >= 0.3 is 5.97 Å². The van der Waals surface area contributed by atoms with Gasteiger partial charge in [-0.1, -0.05) is 34.6 Å². The third-order valence-corrected chi connectivity index (χ3v) is 12.2. The van der Waals surface area contributed by atoms with Gasteiger partial charge in [0.2, 0.25) is 0 Å². The first-order valence-electron chi connectivity index (χ1n) is 22.7. The normalized spacial score (nSPS) is 14.1. The molecule has 352 valence electrons. The highest BCUT2D eigenvalue weighted by Crippen LogP contribution is 2.32. The van der Waals surface area contributed by atoms with Crippen LogP contribution in [0, 0.1) is 36.5 Å². The van der Waals surface area contributed by atoms with Crippen LogP contribution in [-0.4, -0.2) is 96.6 Å². The van der Waals surface area contributed by atoms with Crippen LogP contribution in [0.4, 0.5) is 0 Å². The fourth-order valence-corrected chi connectivity index (χ4v) is 8.96. The number of pyridine rings is 2. The van der Waals surface area contributed by atoms with Crippen LogP contribution in [0.25, 0.3) is 45.6 Å². The monoisotopic (exact) mass is 914 g/mol. The second-order valence-corrected chi connectivity index (χ2v) is 16.9. The number of hydrogen-bond donors (Lipinski definition) is 1. The Balaban J connectivity index is 0.000000247. The molecule has 0 spiro atoms. The number of aliphatic carboxylic acids is 1. The van der Waals surface area contributed by atoms with E-state index in [9.17, 15) is 24.4 Å². The van der Waals surface area contributed by atoms with E-state index in [2.05, 4.69) is 31.9 Å². The zero-order valence-electron chi connectivity index (χ0n) is 37.8. The van der Waals surface area contributed by atoms with Crippen molar-refractivity contribution in [2.75, 3.05) is 39.3 Å². The molecule has 0 unspecified atom stereocenters. The summed E-state index contributed by atoms with van der Waals surface area (Å²) in [5, 5.41) is 27.3. The minimum Gasteiger partial charge on any atom is -0.478 e. The highest BCUT2D eigenvalue weighted by molar-refractivity contribution is 6.11. The maximum absolute atomic E-state index is 13.5. The average molecular weight is 915 g/mol. The molecule has 8 rings (SSSR count). The number of likely N-dealkylation sites (tertiary alicyclic amines) is 2. The fourth-order valence-electron chi connectivity index (χ4n) is 8.96. The van der Waals surface area contributed by atoms with Crippen LogP contribution in [-0.2, 0) is 9.59 Å². The van der Waals surface area contributed by atoms with Crippen LogP contribution in [0.1, 0.15) is 128 Å². The molecule has 0 amide bonds. The lowest BCUT2D eigenvalue weighted by atomic mass is 10.1. The molecule has 13 heteroatoms. The molecule has 0 bridgehead atoms. The number of allylic oxidation sites excluding steroid dienone is 1. The predicted octanol–water partition coefficient (Wildman–Crippen LogP) is 10.5. The molecule has 2 fully saturated rings. The Labute approximate surface area is 399 Å². The summed E-state index contributed by atoms with van der Waals surface area (Å²) in [6.45, 7) is 10.3. The quantitative estimate of drug-likeness (QED) is 0.0812. The van der Waals surface area contributed by atoms with E-state index in [1.165, 1.54) is 18.9 Å². The lowest BCUT2D eigenvalue weighted by molar-refractivity contribution is -0.131. The van der Waals surface area contributed by atoms with Gasteiger partial charge in [-0.3, -0.25) is 34.2 Å². The van der Waals surface area contributed by atoms with Crippen LogP contribution >= 0.6 is 0 Å². The van der Waals surface area contributed by atoms with Crippen LogP contribution < -0.4 is 0 Å². The lowest BCUT2D eigenvalue weighted by Crippen LogP contribution is -2.34. The zero-order valence-corrected chi connectivity index (χ0v) is 37.8. The van der Waals surface area contributed by atoms with Gasteiger partial charge in [-0.25, -0.2) is 4.79 Å². The van der Waals surface area contributed by atoms with Crippen LogP contribution in [0.5, 0.6) is 0 Å². The molecule has 1 N–H and O–H groups in total. The lowest BCUT2D eigenvalue weighted by Gasteiger charge is -2.25. The van der Waals surface area contributed by atoms with Crippen molar-refractivity contribution in [2.45, 2.75) is 87.0 Å². The number of fused-ring (bicyclic) bond motifs is 2. The first-order valence-corrected chi connectivity index (χ1v) is 22.7. The summed E-state index contributed by atoms with van der Waals surface area (Å²) in [4.78, 5) is 63.4. The molecule has 0 atom stereocenters. The number of carboxylic acid groups (broad SMARTS) is 1. The largest absolute Gasteiger partial charge is 0.478 e. The molecular formula is C55H62N8O5. The Bertz CT molecular complexity index is 2920. The van der Waals surface area contributed by atoms with Gasteiger partial charge in [0, 0.05) is 47.7 Å². The van der Waals surface area contributed by atoms with Gasteiger partial charge in [-0.05, 0) is 162 Å².